The van der Waals surface area contributed by atoms with Crippen molar-refractivity contribution in [3.8, 4) is 28.6 Å². The number of ether oxygens (including phenoxy) is 6. The van der Waals surface area contributed by atoms with E-state index in [1.807, 2.05) is 26.0 Å². The molecule has 0 radical (unpaired) electrons. The third-order valence-electron chi connectivity index (χ3n) is 23.0. The Balaban J connectivity index is 0.721. The molecule has 107 heavy (non-hydrogen) atoms. The molecule has 4 saturated heterocycles. The van der Waals surface area contributed by atoms with Crippen molar-refractivity contribution in [2.75, 3.05) is 59.0 Å². The van der Waals surface area contributed by atoms with Gasteiger partial charge in [0.05, 0.1) is 46.8 Å². The van der Waals surface area contributed by atoms with Crippen LogP contribution in [0, 0.1) is 28.6 Å². The number of phenols is 2. The summed E-state index contributed by atoms with van der Waals surface area (Å²) in [6.07, 6.45) is -11.7. The summed E-state index contributed by atoms with van der Waals surface area (Å²) in [5.74, 6) is -8.43. The van der Waals surface area contributed by atoms with Crippen LogP contribution in [0.4, 0.5) is 4.79 Å². The highest BCUT2D eigenvalue weighted by Crippen LogP contribution is 2.64. The highest BCUT2D eigenvalue weighted by Gasteiger charge is 2.78. The molecule has 4 aromatic carbocycles. The molecule has 2 bridgehead atoms. The number of carbonyl (C=O) groups excluding carboxylic acids is 7. The molecular weight excluding hydrogens is 1400 g/mol. The molecule has 4 aliphatic heterocycles. The number of rotatable bonds is 18. The van der Waals surface area contributed by atoms with E-state index in [0.29, 0.717) is 30.9 Å². The van der Waals surface area contributed by atoms with E-state index in [-0.39, 0.29) is 135 Å². The number of H-pyrrole nitrogens is 1. The maximum absolute atomic E-state index is 15.6. The normalized spacial score (nSPS) is 27.3. The number of aromatic hydroxyl groups is 2. The standard InChI is InChI=1S/C77H96N8O21S/c1-43(2)52-37-53(55(88)38-54(52)87)66-79-80-71(96)85(66)51-23-21-46(22-24-51)41-81-33-35-84(36-34-81)107(99,100)83-31-27-48(28-32-83)67(92)82-29-25-50(26-30-82)68(93)103-62(60(47-17-13-11-14-18-47)78-72(97)106-73(5,6)7)70(95)102-56-40-77(98)65(104-69(94)49-19-15-12-16-20-49)63-75(10,64(91)61(90)59(44(56)3)74(77,8)9)57(89)39-58-76(63,42-101-58)105-45(4)86/h11-24,37-38,43,48,50,56-58,60-63,65,87-90,98H,25-36,39-42H2,1-10H3,(H,78,97)(H,80,96)/t56?,57-,58+,60-,61+,62+,63-,65-,75+,76-,77+/m0/s1. The van der Waals surface area contributed by atoms with Crippen LogP contribution in [-0.4, -0.2) is 221 Å². The number of piperazine rings is 1. The maximum atomic E-state index is 15.6. The number of aliphatic hydroxyl groups is 3. The van der Waals surface area contributed by atoms with Crippen LogP contribution in [0.25, 0.3) is 17.1 Å². The SMILES string of the molecule is CC(=O)O[C@@]12CO[C@@H]1C[C@H](O)[C@@]1(C)C(=O)[C@H](O)C3=C(C)C(OC(=O)[C@H](OC(=O)C4CCN(C(=O)C5CCN(S(=O)(=O)N6CCN(Cc7ccc(-n8c(-c9cc(C(C)C)c(O)cc9O)n[nH]c8=O)cc7)CC6)CC5)CC4)[C@@H](NC(=O)OC(C)(C)C)c4ccccc4)C[C@@](O)([C@@H](OC(=O)c4ccccc4)[C@H]21)C3(C)C. The Morgan fingerprint density at radius 1 is 0.794 bits per heavy atom. The van der Waals surface area contributed by atoms with Gasteiger partial charge in [0.1, 0.15) is 53.2 Å². The van der Waals surface area contributed by atoms with Crippen LogP contribution in [0.5, 0.6) is 11.5 Å². The number of alkyl carbamates (subject to hydrolysis) is 1. The van der Waals surface area contributed by atoms with E-state index < -0.39 is 146 Å². The van der Waals surface area contributed by atoms with Crippen LogP contribution >= 0.6 is 0 Å². The Bertz CT molecular complexity index is 4420. The summed E-state index contributed by atoms with van der Waals surface area (Å²) < 4.78 is 69.5. The molecule has 1 aromatic heterocycles. The third kappa shape index (κ3) is 14.7. The number of carbonyl (C=O) groups is 7. The lowest BCUT2D eigenvalue weighted by molar-refractivity contribution is -0.346. The largest absolute Gasteiger partial charge is 0.508 e. The monoisotopic (exact) mass is 1500 g/mol. The van der Waals surface area contributed by atoms with Crippen LogP contribution in [0.3, 0.4) is 0 Å². The number of ketones is 1. The summed E-state index contributed by atoms with van der Waals surface area (Å²) in [6.45, 7) is 17.6. The summed E-state index contributed by atoms with van der Waals surface area (Å²) in [4.78, 5) is 119. The van der Waals surface area contributed by atoms with Crippen LogP contribution < -0.4 is 11.0 Å². The maximum Gasteiger partial charge on any atom is 0.408 e. The molecule has 7 N–H and O–H groups in total. The second-order valence-corrected chi connectivity index (χ2v) is 33.3. The average Bonchev–Trinajstić information content (AvgIpc) is 0.908. The highest BCUT2D eigenvalue weighted by atomic mass is 32.2. The first-order chi connectivity index (χ1) is 50.5. The van der Waals surface area contributed by atoms with Crippen molar-refractivity contribution in [2.24, 2.45) is 28.6 Å². The summed E-state index contributed by atoms with van der Waals surface area (Å²) in [7, 11) is -3.91. The summed E-state index contributed by atoms with van der Waals surface area (Å²) >= 11 is 0. The number of aromatic nitrogens is 3. The zero-order valence-corrected chi connectivity index (χ0v) is 62.6. The fraction of sp³-hybridized carbons (Fsp3) is 0.545. The molecule has 2 amide bonds. The Morgan fingerprint density at radius 3 is 2.01 bits per heavy atom. The van der Waals surface area contributed by atoms with E-state index in [1.54, 1.807) is 92.4 Å². The van der Waals surface area contributed by atoms with E-state index in [0.717, 1.165) is 12.5 Å². The number of aromatic amines is 1. The summed E-state index contributed by atoms with van der Waals surface area (Å²) in [6, 6.07) is 24.4. The molecule has 29 nitrogen and oxygen atoms in total. The predicted molar refractivity (Wildman–Crippen MR) is 384 cm³/mol. The van der Waals surface area contributed by atoms with E-state index in [4.69, 9.17) is 28.4 Å². The fourth-order valence-corrected chi connectivity index (χ4v) is 18.7. The molecule has 576 valence electrons. The van der Waals surface area contributed by atoms with Gasteiger partial charge in [-0.15, -0.1) is 0 Å². The molecular formula is C77H96N8O21S. The smallest absolute Gasteiger partial charge is 0.408 e. The number of hydrogen-bond acceptors (Lipinski definition) is 23. The zero-order chi connectivity index (χ0) is 77.2. The van der Waals surface area contributed by atoms with Gasteiger partial charge < -0.3 is 64.2 Å². The van der Waals surface area contributed by atoms with Crippen molar-refractivity contribution in [2.45, 2.75) is 180 Å². The van der Waals surface area contributed by atoms with Gasteiger partial charge in [0.25, 0.3) is 10.2 Å². The molecule has 0 spiro atoms. The molecule has 30 heteroatoms. The number of benzene rings is 4. The first-order valence-electron chi connectivity index (χ1n) is 36.4. The van der Waals surface area contributed by atoms with Crippen molar-refractivity contribution >= 4 is 51.9 Å². The minimum Gasteiger partial charge on any atom is -0.508 e. The van der Waals surface area contributed by atoms with Crippen LogP contribution in [0.2, 0.25) is 0 Å². The van der Waals surface area contributed by atoms with E-state index in [2.05, 4.69) is 20.4 Å². The van der Waals surface area contributed by atoms with Gasteiger partial charge in [-0.1, -0.05) is 88.4 Å². The molecule has 2 saturated carbocycles. The predicted octanol–water partition coefficient (Wildman–Crippen LogP) is 5.90. The van der Waals surface area contributed by atoms with E-state index in [1.165, 1.54) is 59.1 Å². The summed E-state index contributed by atoms with van der Waals surface area (Å²) in [5, 5.41) is 69.4. The number of fused-ring (bicyclic) bond motifs is 5. The number of aliphatic hydroxyl groups excluding tert-OH is 2. The second kappa shape index (κ2) is 29.9. The topological polar surface area (TPSA) is 386 Å². The molecule has 12 rings (SSSR count). The molecule has 6 fully saturated rings. The van der Waals surface area contributed by atoms with Crippen molar-refractivity contribution in [3.05, 3.63) is 141 Å². The van der Waals surface area contributed by atoms with Crippen LogP contribution in [0.15, 0.2) is 113 Å². The number of esters is 4. The number of phenolic OH excluding ortho intramolecular Hbond substituents is 2. The van der Waals surface area contributed by atoms with Crippen molar-refractivity contribution in [1.29, 1.82) is 0 Å². The number of nitrogens with zero attached hydrogens (tertiary/aromatic N) is 6. The van der Waals surface area contributed by atoms with Crippen LogP contribution in [-0.2, 0) is 69.1 Å². The fourth-order valence-electron chi connectivity index (χ4n) is 17.1. The van der Waals surface area contributed by atoms with Gasteiger partial charge >= 0.3 is 35.7 Å². The number of hydrogen-bond donors (Lipinski definition) is 7. The third-order valence-corrected chi connectivity index (χ3v) is 25.0. The minimum atomic E-state index is -3.91. The average molecular weight is 1500 g/mol. The highest BCUT2D eigenvalue weighted by molar-refractivity contribution is 7.86. The van der Waals surface area contributed by atoms with E-state index in [9.17, 15) is 62.7 Å². The van der Waals surface area contributed by atoms with Gasteiger partial charge in [0.15, 0.2) is 17.2 Å². The Hall–Kier alpha value is -8.88. The number of Topliss-reactive ketones (excluding diaryl/α,β-unsaturated/α-hetero) is 1. The molecule has 5 heterocycles. The second-order valence-electron chi connectivity index (χ2n) is 31.4. The Labute approximate surface area is 620 Å². The van der Waals surface area contributed by atoms with Gasteiger partial charge in [-0.2, -0.15) is 22.1 Å². The number of amides is 2. The molecule has 1 unspecified atom stereocenters. The summed E-state index contributed by atoms with van der Waals surface area (Å²) in [5.41, 5.74) is -7.35. The van der Waals surface area contributed by atoms with Crippen LogP contribution in [0.1, 0.15) is 147 Å². The van der Waals surface area contributed by atoms with Gasteiger partial charge in [-0.3, -0.25) is 24.1 Å². The molecule has 7 aliphatic rings. The van der Waals surface area contributed by atoms with Gasteiger partial charge in [-0.05, 0) is 124 Å². The minimum absolute atomic E-state index is 0.0249. The lowest BCUT2D eigenvalue weighted by atomic mass is 9.44. The first kappa shape index (κ1) is 77.7. The number of likely N-dealkylation sites (tertiary alicyclic amines) is 1. The number of piperidine rings is 2. The first-order valence-corrected chi connectivity index (χ1v) is 37.8. The van der Waals surface area contributed by atoms with Gasteiger partial charge in [-0.25, -0.2) is 28.8 Å². The van der Waals surface area contributed by atoms with Gasteiger partial charge in [0.2, 0.25) is 12.0 Å². The van der Waals surface area contributed by atoms with Crippen molar-refractivity contribution < 1.29 is 95.9 Å². The lowest BCUT2D eigenvalue weighted by Crippen LogP contribution is -2.81. The molecule has 5 aromatic rings. The van der Waals surface area contributed by atoms with Crippen molar-refractivity contribution in [1.82, 2.24) is 38.5 Å². The van der Waals surface area contributed by atoms with Crippen molar-refractivity contribution in [3.63, 3.8) is 0 Å². The molecule has 3 aliphatic carbocycles. The quantitative estimate of drug-likeness (QED) is 0.0305. The van der Waals surface area contributed by atoms with Gasteiger partial charge in [0, 0.05) is 96.1 Å². The Morgan fingerprint density at radius 2 is 1.41 bits per heavy atom. The number of nitrogens with one attached hydrogen (secondary N) is 2. The lowest BCUT2D eigenvalue weighted by Gasteiger charge is -2.67. The molecule has 11 atom stereocenters. The van der Waals surface area contributed by atoms with E-state index >= 15 is 9.59 Å². The zero-order valence-electron chi connectivity index (χ0n) is 61.8. The Kier molecular flexibility index (Phi) is 21.7.